The molecule has 4 heteroatoms. The molecule has 0 saturated heterocycles. The highest BCUT2D eigenvalue weighted by atomic mass is 16.1. The Labute approximate surface area is 116 Å². The van der Waals surface area contributed by atoms with Crippen LogP contribution in [0.15, 0.2) is 18.3 Å². The Bertz CT molecular complexity index is 391. The van der Waals surface area contributed by atoms with Gasteiger partial charge in [0.05, 0.1) is 0 Å². The lowest BCUT2D eigenvalue weighted by Gasteiger charge is -2.09. The molecule has 1 heterocycles. The maximum atomic E-state index is 11.9. The zero-order chi connectivity index (χ0) is 14.1. The molecule has 0 unspecified atom stereocenters. The molecule has 0 atom stereocenters. The van der Waals surface area contributed by atoms with Gasteiger partial charge in [-0.05, 0) is 24.5 Å². The monoisotopic (exact) mass is 263 g/mol. The van der Waals surface area contributed by atoms with Crippen LogP contribution in [0.3, 0.4) is 0 Å². The summed E-state index contributed by atoms with van der Waals surface area (Å²) in [6.07, 6.45) is 5.21. The van der Waals surface area contributed by atoms with E-state index in [1.807, 2.05) is 6.07 Å². The number of carbonyl (C=O) groups excluding carboxylic acids is 1. The second-order valence-corrected chi connectivity index (χ2v) is 5.17. The fourth-order valence-electron chi connectivity index (χ4n) is 1.66. The molecule has 0 saturated carbocycles. The Morgan fingerprint density at radius 2 is 2.16 bits per heavy atom. The van der Waals surface area contributed by atoms with E-state index in [-0.39, 0.29) is 5.91 Å². The zero-order valence-electron chi connectivity index (χ0n) is 12.2. The lowest BCUT2D eigenvalue weighted by Crippen LogP contribution is -2.27. The van der Waals surface area contributed by atoms with Crippen LogP contribution in [0.25, 0.3) is 0 Å². The lowest BCUT2D eigenvalue weighted by molar-refractivity contribution is 0.0949. The number of hydrogen-bond acceptors (Lipinski definition) is 3. The van der Waals surface area contributed by atoms with Crippen molar-refractivity contribution >= 4 is 11.7 Å². The maximum absolute atomic E-state index is 11.9. The van der Waals surface area contributed by atoms with E-state index in [0.717, 1.165) is 18.8 Å². The van der Waals surface area contributed by atoms with E-state index in [4.69, 9.17) is 0 Å². The van der Waals surface area contributed by atoms with Gasteiger partial charge in [0.15, 0.2) is 0 Å². The minimum absolute atomic E-state index is 0.0345. The Morgan fingerprint density at radius 1 is 1.37 bits per heavy atom. The first-order valence-electron chi connectivity index (χ1n) is 7.11. The van der Waals surface area contributed by atoms with E-state index in [1.54, 1.807) is 12.3 Å². The molecule has 0 radical (unpaired) electrons. The van der Waals surface area contributed by atoms with Gasteiger partial charge in [-0.3, -0.25) is 4.79 Å². The minimum atomic E-state index is -0.0345. The van der Waals surface area contributed by atoms with Crippen molar-refractivity contribution in [2.24, 2.45) is 5.92 Å². The largest absolute Gasteiger partial charge is 0.370 e. The molecule has 19 heavy (non-hydrogen) atoms. The molecule has 1 rings (SSSR count). The van der Waals surface area contributed by atoms with E-state index >= 15 is 0 Å². The number of rotatable bonds is 8. The molecule has 1 aromatic rings. The summed E-state index contributed by atoms with van der Waals surface area (Å²) in [5, 5.41) is 6.16. The van der Waals surface area contributed by atoms with Gasteiger partial charge < -0.3 is 10.6 Å². The maximum Gasteiger partial charge on any atom is 0.251 e. The average Bonchev–Trinajstić information content (AvgIpc) is 2.41. The van der Waals surface area contributed by atoms with Crippen molar-refractivity contribution in [2.45, 2.75) is 40.0 Å². The molecular formula is C15H25N3O. The molecule has 1 aromatic heterocycles. The second-order valence-electron chi connectivity index (χ2n) is 5.17. The molecule has 4 nitrogen and oxygen atoms in total. The fourth-order valence-corrected chi connectivity index (χ4v) is 1.66. The molecule has 0 aliphatic carbocycles. The van der Waals surface area contributed by atoms with Crippen molar-refractivity contribution in [1.29, 1.82) is 0 Å². The number of nitrogens with one attached hydrogen (secondary N) is 2. The van der Waals surface area contributed by atoms with E-state index in [9.17, 15) is 4.79 Å². The smallest absolute Gasteiger partial charge is 0.251 e. The third-order valence-corrected chi connectivity index (χ3v) is 2.78. The molecule has 0 aliphatic rings. The van der Waals surface area contributed by atoms with E-state index in [0.29, 0.717) is 18.0 Å². The number of pyridine rings is 1. The SMILES string of the molecule is CCCCCNc1cc(C(=O)NCC(C)C)ccn1. The van der Waals surface area contributed by atoms with Crippen LogP contribution < -0.4 is 10.6 Å². The Kier molecular flexibility index (Phi) is 6.93. The molecular weight excluding hydrogens is 238 g/mol. The predicted octanol–water partition coefficient (Wildman–Crippen LogP) is 3.07. The van der Waals surface area contributed by atoms with Crippen LogP contribution in [0.5, 0.6) is 0 Å². The lowest BCUT2D eigenvalue weighted by atomic mass is 10.2. The molecule has 106 valence electrons. The normalized spacial score (nSPS) is 10.5. The van der Waals surface area contributed by atoms with Crippen molar-refractivity contribution in [2.75, 3.05) is 18.4 Å². The number of amides is 1. The summed E-state index contributed by atoms with van der Waals surface area (Å²) in [5.74, 6) is 1.19. The van der Waals surface area contributed by atoms with Crippen LogP contribution in [0.1, 0.15) is 50.4 Å². The van der Waals surface area contributed by atoms with Gasteiger partial charge in [-0.15, -0.1) is 0 Å². The van der Waals surface area contributed by atoms with Gasteiger partial charge in [0.25, 0.3) is 5.91 Å². The highest BCUT2D eigenvalue weighted by Crippen LogP contribution is 2.07. The topological polar surface area (TPSA) is 54.0 Å². The summed E-state index contributed by atoms with van der Waals surface area (Å²) in [6.45, 7) is 7.93. The van der Waals surface area contributed by atoms with Gasteiger partial charge in [-0.25, -0.2) is 4.98 Å². The average molecular weight is 263 g/mol. The van der Waals surface area contributed by atoms with Crippen LogP contribution in [0.2, 0.25) is 0 Å². The van der Waals surface area contributed by atoms with Crippen LogP contribution in [0.4, 0.5) is 5.82 Å². The van der Waals surface area contributed by atoms with Crippen LogP contribution >= 0.6 is 0 Å². The van der Waals surface area contributed by atoms with Crippen molar-refractivity contribution in [1.82, 2.24) is 10.3 Å². The van der Waals surface area contributed by atoms with Gasteiger partial charge in [0, 0.05) is 24.8 Å². The standard InChI is InChI=1S/C15H25N3O/c1-4-5-6-8-16-14-10-13(7-9-17-14)15(19)18-11-12(2)3/h7,9-10,12H,4-6,8,11H2,1-3H3,(H,16,17)(H,18,19). The minimum Gasteiger partial charge on any atom is -0.370 e. The summed E-state index contributed by atoms with van der Waals surface area (Å²) < 4.78 is 0. The third kappa shape index (κ3) is 6.22. The molecule has 0 bridgehead atoms. The summed E-state index contributed by atoms with van der Waals surface area (Å²) >= 11 is 0. The van der Waals surface area contributed by atoms with Crippen molar-refractivity contribution in [3.05, 3.63) is 23.9 Å². The van der Waals surface area contributed by atoms with Crippen LogP contribution in [0, 0.1) is 5.92 Å². The van der Waals surface area contributed by atoms with Gasteiger partial charge in [0.1, 0.15) is 5.82 Å². The van der Waals surface area contributed by atoms with Crippen LogP contribution in [-0.2, 0) is 0 Å². The highest BCUT2D eigenvalue weighted by Gasteiger charge is 2.06. The Hall–Kier alpha value is -1.58. The molecule has 2 N–H and O–H groups in total. The summed E-state index contributed by atoms with van der Waals surface area (Å²) in [4.78, 5) is 16.1. The number of carbonyl (C=O) groups is 1. The van der Waals surface area contributed by atoms with Gasteiger partial charge in [0.2, 0.25) is 0 Å². The Morgan fingerprint density at radius 3 is 2.84 bits per heavy atom. The van der Waals surface area contributed by atoms with E-state index in [1.165, 1.54) is 12.8 Å². The van der Waals surface area contributed by atoms with E-state index < -0.39 is 0 Å². The summed E-state index contributed by atoms with van der Waals surface area (Å²) in [5.41, 5.74) is 0.661. The number of aromatic nitrogens is 1. The molecule has 0 aromatic carbocycles. The fraction of sp³-hybridized carbons (Fsp3) is 0.600. The number of hydrogen-bond donors (Lipinski definition) is 2. The first-order valence-corrected chi connectivity index (χ1v) is 7.11. The van der Waals surface area contributed by atoms with Crippen LogP contribution in [-0.4, -0.2) is 24.0 Å². The number of nitrogens with zero attached hydrogens (tertiary/aromatic N) is 1. The predicted molar refractivity (Wildman–Crippen MR) is 79.4 cm³/mol. The van der Waals surface area contributed by atoms with Crippen molar-refractivity contribution < 1.29 is 4.79 Å². The van der Waals surface area contributed by atoms with E-state index in [2.05, 4.69) is 36.4 Å². The highest BCUT2D eigenvalue weighted by molar-refractivity contribution is 5.94. The van der Waals surface area contributed by atoms with Crippen molar-refractivity contribution in [3.8, 4) is 0 Å². The number of anilines is 1. The van der Waals surface area contributed by atoms with Gasteiger partial charge in [-0.2, -0.15) is 0 Å². The second kappa shape index (κ2) is 8.51. The molecule has 0 spiro atoms. The number of unbranched alkanes of at least 4 members (excludes halogenated alkanes) is 2. The first kappa shape index (κ1) is 15.5. The Balaban J connectivity index is 2.49. The summed E-state index contributed by atoms with van der Waals surface area (Å²) in [7, 11) is 0. The van der Waals surface area contributed by atoms with Gasteiger partial charge in [-0.1, -0.05) is 33.6 Å². The third-order valence-electron chi connectivity index (χ3n) is 2.78. The molecule has 1 amide bonds. The molecule has 0 fully saturated rings. The zero-order valence-corrected chi connectivity index (χ0v) is 12.2. The summed E-state index contributed by atoms with van der Waals surface area (Å²) in [6, 6.07) is 3.55. The van der Waals surface area contributed by atoms with Crippen molar-refractivity contribution in [3.63, 3.8) is 0 Å². The first-order chi connectivity index (χ1) is 9.13. The van der Waals surface area contributed by atoms with Gasteiger partial charge >= 0.3 is 0 Å². The molecule has 0 aliphatic heterocycles. The quantitative estimate of drug-likeness (QED) is 0.709.